The van der Waals surface area contributed by atoms with Gasteiger partial charge < -0.3 is 35.4 Å². The normalized spacial score (nSPS) is 13.0. The fourth-order valence-electron chi connectivity index (χ4n) is 3.82. The fourth-order valence-corrected chi connectivity index (χ4v) is 3.82. The highest BCUT2D eigenvalue weighted by Crippen LogP contribution is 2.27. The third-order valence-corrected chi connectivity index (χ3v) is 5.83. The molecule has 0 radical (unpaired) electrons. The van der Waals surface area contributed by atoms with Gasteiger partial charge in [-0.1, -0.05) is 48.5 Å². The number of esters is 1. The molecule has 0 aromatic heterocycles. The molecule has 5 N–H and O–H groups in total. The van der Waals surface area contributed by atoms with E-state index in [0.29, 0.717) is 11.1 Å². The Morgan fingerprint density at radius 2 is 1.53 bits per heavy atom. The zero-order valence-electron chi connectivity index (χ0n) is 21.0. The van der Waals surface area contributed by atoms with Crippen LogP contribution in [0.3, 0.4) is 0 Å². The van der Waals surface area contributed by atoms with Crippen molar-refractivity contribution in [1.82, 2.24) is 10.6 Å². The van der Waals surface area contributed by atoms with Gasteiger partial charge in [-0.05, 0) is 47.9 Å². The molecule has 0 unspecified atom stereocenters. The molecule has 0 aliphatic carbocycles. The zero-order chi connectivity index (χ0) is 27.7. The van der Waals surface area contributed by atoms with E-state index in [1.807, 2.05) is 6.07 Å². The molecule has 3 rings (SSSR count). The van der Waals surface area contributed by atoms with Gasteiger partial charge in [-0.25, -0.2) is 9.59 Å². The summed E-state index contributed by atoms with van der Waals surface area (Å²) < 4.78 is 10.2. The second kappa shape index (κ2) is 12.5. The Kier molecular flexibility index (Phi) is 9.15. The Bertz CT molecular complexity index is 1260. The van der Waals surface area contributed by atoms with E-state index in [4.69, 9.17) is 9.47 Å². The molecule has 38 heavy (non-hydrogen) atoms. The summed E-state index contributed by atoms with van der Waals surface area (Å²) >= 11 is 0. The number of amides is 2. The third-order valence-electron chi connectivity index (χ3n) is 5.83. The van der Waals surface area contributed by atoms with Crippen molar-refractivity contribution in [2.45, 2.75) is 38.0 Å². The number of hydrogen-bond donors (Lipinski definition) is 5. The lowest BCUT2D eigenvalue weighted by atomic mass is 9.91. The van der Waals surface area contributed by atoms with Crippen molar-refractivity contribution in [2.24, 2.45) is 0 Å². The monoisotopic (exact) mass is 522 g/mol. The number of benzene rings is 3. The molecule has 3 aromatic rings. The number of rotatable bonds is 10. The van der Waals surface area contributed by atoms with Crippen LogP contribution in [-0.4, -0.2) is 52.0 Å². The van der Waals surface area contributed by atoms with Crippen LogP contribution in [0.1, 0.15) is 23.6 Å². The standard InChI is InChI=1S/C28H30N2O8/c1-28(26(35)37-2,16-20-10-13-23(32)24(33)15-20)30-25(34)22(14-18-8-11-21(31)12-9-18)29-27(36)38-17-19-6-4-3-5-7-19/h3-13,15,22,31-33H,14,16-17H2,1-2H3,(H,29,36)(H,30,34)/t22-,28-/m0/s1. The zero-order valence-corrected chi connectivity index (χ0v) is 21.0. The van der Waals surface area contributed by atoms with Crippen LogP contribution in [-0.2, 0) is 38.5 Å². The van der Waals surface area contributed by atoms with Crippen molar-refractivity contribution in [2.75, 3.05) is 7.11 Å². The number of phenolic OH excluding ortho intramolecular Hbond substituents is 3. The highest BCUT2D eigenvalue weighted by Gasteiger charge is 2.38. The van der Waals surface area contributed by atoms with Gasteiger partial charge in [0.1, 0.15) is 23.9 Å². The van der Waals surface area contributed by atoms with E-state index in [1.165, 1.54) is 44.4 Å². The minimum absolute atomic E-state index is 0.00948. The maximum Gasteiger partial charge on any atom is 0.408 e. The number of carbonyl (C=O) groups excluding carboxylic acids is 3. The number of carbonyl (C=O) groups is 3. The van der Waals surface area contributed by atoms with Crippen molar-refractivity contribution in [3.63, 3.8) is 0 Å². The van der Waals surface area contributed by atoms with Gasteiger partial charge in [0.25, 0.3) is 0 Å². The topological polar surface area (TPSA) is 154 Å². The summed E-state index contributed by atoms with van der Waals surface area (Å²) in [7, 11) is 1.17. The van der Waals surface area contributed by atoms with Crippen LogP contribution in [0.4, 0.5) is 4.79 Å². The first-order chi connectivity index (χ1) is 18.1. The number of aromatic hydroxyl groups is 3. The summed E-state index contributed by atoms with van der Waals surface area (Å²) in [5.74, 6) is -2.11. The maximum absolute atomic E-state index is 13.4. The Hall–Kier alpha value is -4.73. The Balaban J connectivity index is 1.80. The Morgan fingerprint density at radius 3 is 2.16 bits per heavy atom. The van der Waals surface area contributed by atoms with Crippen LogP contribution in [0.25, 0.3) is 0 Å². The van der Waals surface area contributed by atoms with E-state index < -0.39 is 29.6 Å². The third kappa shape index (κ3) is 7.63. The minimum atomic E-state index is -1.59. The summed E-state index contributed by atoms with van der Waals surface area (Å²) in [6, 6.07) is 18.0. The van der Waals surface area contributed by atoms with Gasteiger partial charge in [-0.15, -0.1) is 0 Å². The lowest BCUT2D eigenvalue weighted by Crippen LogP contribution is -2.59. The first-order valence-corrected chi connectivity index (χ1v) is 11.8. The molecule has 0 heterocycles. The van der Waals surface area contributed by atoms with Gasteiger partial charge in [0.15, 0.2) is 11.5 Å². The SMILES string of the molecule is COC(=O)[C@](C)(Cc1ccc(O)c(O)c1)NC(=O)[C@H](Cc1ccc(O)cc1)NC(=O)OCc1ccccc1. The Labute approximate surface area is 219 Å². The molecule has 0 bridgehead atoms. The second-order valence-electron chi connectivity index (χ2n) is 8.94. The summed E-state index contributed by atoms with van der Waals surface area (Å²) in [6.07, 6.45) is -0.885. The molecule has 0 spiro atoms. The van der Waals surface area contributed by atoms with Crippen LogP contribution in [0.2, 0.25) is 0 Å². The van der Waals surface area contributed by atoms with Crippen molar-refractivity contribution >= 4 is 18.0 Å². The van der Waals surface area contributed by atoms with Crippen LogP contribution in [0.5, 0.6) is 17.2 Å². The number of phenols is 3. The number of hydrogen-bond acceptors (Lipinski definition) is 8. The predicted octanol–water partition coefficient (Wildman–Crippen LogP) is 2.93. The fraction of sp³-hybridized carbons (Fsp3) is 0.250. The number of alkyl carbamates (subject to hydrolysis) is 1. The molecule has 2 amide bonds. The summed E-state index contributed by atoms with van der Waals surface area (Å²) in [5.41, 5.74) is 0.254. The second-order valence-corrected chi connectivity index (χ2v) is 8.94. The van der Waals surface area contributed by atoms with Crippen molar-refractivity contribution in [1.29, 1.82) is 0 Å². The molecule has 10 heteroatoms. The van der Waals surface area contributed by atoms with Crippen LogP contribution in [0, 0.1) is 0 Å². The van der Waals surface area contributed by atoms with Gasteiger partial charge in [0.2, 0.25) is 5.91 Å². The van der Waals surface area contributed by atoms with E-state index in [9.17, 15) is 29.7 Å². The number of nitrogens with one attached hydrogen (secondary N) is 2. The van der Waals surface area contributed by atoms with E-state index in [0.717, 1.165) is 5.56 Å². The van der Waals surface area contributed by atoms with E-state index in [-0.39, 0.29) is 36.7 Å². The van der Waals surface area contributed by atoms with Crippen LogP contribution >= 0.6 is 0 Å². The molecule has 0 saturated carbocycles. The van der Waals surface area contributed by atoms with Crippen molar-refractivity contribution in [3.05, 3.63) is 89.5 Å². The highest BCUT2D eigenvalue weighted by atomic mass is 16.5. The van der Waals surface area contributed by atoms with E-state index in [1.54, 1.807) is 36.4 Å². The van der Waals surface area contributed by atoms with Crippen molar-refractivity contribution in [3.8, 4) is 17.2 Å². The number of ether oxygens (including phenoxy) is 2. The molecule has 10 nitrogen and oxygen atoms in total. The lowest BCUT2D eigenvalue weighted by molar-refractivity contribution is -0.150. The predicted molar refractivity (Wildman–Crippen MR) is 137 cm³/mol. The van der Waals surface area contributed by atoms with Gasteiger partial charge in [0, 0.05) is 12.8 Å². The quantitative estimate of drug-likeness (QED) is 0.201. The smallest absolute Gasteiger partial charge is 0.408 e. The first-order valence-electron chi connectivity index (χ1n) is 11.8. The van der Waals surface area contributed by atoms with E-state index in [2.05, 4.69) is 10.6 Å². The van der Waals surface area contributed by atoms with Crippen LogP contribution in [0.15, 0.2) is 72.8 Å². The van der Waals surface area contributed by atoms with Gasteiger partial charge in [0.05, 0.1) is 7.11 Å². The molecule has 0 aliphatic rings. The lowest BCUT2D eigenvalue weighted by Gasteiger charge is -2.30. The molecule has 200 valence electrons. The largest absolute Gasteiger partial charge is 0.508 e. The number of methoxy groups -OCH3 is 1. The van der Waals surface area contributed by atoms with Crippen molar-refractivity contribution < 1.29 is 39.2 Å². The average Bonchev–Trinajstić information content (AvgIpc) is 2.90. The first kappa shape index (κ1) is 27.9. The molecule has 3 aromatic carbocycles. The molecular weight excluding hydrogens is 492 g/mol. The van der Waals surface area contributed by atoms with Gasteiger partial charge in [-0.2, -0.15) is 0 Å². The highest BCUT2D eigenvalue weighted by molar-refractivity contribution is 5.92. The van der Waals surface area contributed by atoms with Gasteiger partial charge in [-0.3, -0.25) is 4.79 Å². The molecule has 0 fully saturated rings. The summed E-state index contributed by atoms with van der Waals surface area (Å²) in [5, 5.41) is 34.2. The average molecular weight is 523 g/mol. The maximum atomic E-state index is 13.4. The molecule has 0 aliphatic heterocycles. The van der Waals surface area contributed by atoms with E-state index >= 15 is 0 Å². The Morgan fingerprint density at radius 1 is 0.868 bits per heavy atom. The van der Waals surface area contributed by atoms with Crippen LogP contribution < -0.4 is 10.6 Å². The summed E-state index contributed by atoms with van der Waals surface area (Å²) in [4.78, 5) is 38.8. The molecule has 2 atom stereocenters. The summed E-state index contributed by atoms with van der Waals surface area (Å²) in [6.45, 7) is 1.44. The molecular formula is C28H30N2O8. The van der Waals surface area contributed by atoms with Gasteiger partial charge >= 0.3 is 12.1 Å². The molecule has 0 saturated heterocycles. The minimum Gasteiger partial charge on any atom is -0.508 e.